The van der Waals surface area contributed by atoms with Crippen molar-refractivity contribution >= 4 is 47.5 Å². The van der Waals surface area contributed by atoms with Crippen molar-refractivity contribution in [2.45, 2.75) is 24.8 Å². The number of methoxy groups -OCH3 is 1. The maximum atomic E-state index is 13.1. The van der Waals surface area contributed by atoms with Crippen molar-refractivity contribution in [3.8, 4) is 17.1 Å². The molecule has 2 aromatic carbocycles. The smallest absolute Gasteiger partial charge is 0.324 e. The van der Waals surface area contributed by atoms with Crippen LogP contribution in [0.4, 0.5) is 0 Å². The molecule has 0 saturated heterocycles. The number of aryl methyl sites for hydroxylation is 1. The molecule has 0 radical (unpaired) electrons. The lowest BCUT2D eigenvalue weighted by molar-refractivity contribution is -0.143. The van der Waals surface area contributed by atoms with E-state index in [1.165, 1.54) is 18.4 Å². The molecule has 11 heteroatoms. The lowest BCUT2D eigenvalue weighted by atomic mass is 10.1. The van der Waals surface area contributed by atoms with E-state index in [0.29, 0.717) is 0 Å². The summed E-state index contributed by atoms with van der Waals surface area (Å²) >= 11 is 1.49. The number of carbonyl (C=O) groups is 1. The van der Waals surface area contributed by atoms with Crippen LogP contribution in [0.2, 0.25) is 0 Å². The predicted octanol–water partition coefficient (Wildman–Crippen LogP) is 4.12. The number of carbonyl (C=O) groups excluding carboxylic acids is 1. The van der Waals surface area contributed by atoms with E-state index in [0.717, 1.165) is 37.2 Å². The minimum absolute atomic E-state index is 0.0971. The van der Waals surface area contributed by atoms with E-state index in [1.807, 2.05) is 54.3 Å². The standard InChI is InChI=1S/C25H25N5O4S2/c1-15(2)24(25(31)34-4)27-36(32,33)17-8-10-19-18-9-7-16(12-22(18)35-23(19)13-17)30-14-20(26-28-30)21-6-5-11-29(21)3/h5-15,24,27H,1-4H3/t24-/m0/s1. The fraction of sp³-hybridized carbons (Fsp3) is 0.240. The topological polar surface area (TPSA) is 108 Å². The molecular weight excluding hydrogens is 498 g/mol. The van der Waals surface area contributed by atoms with Gasteiger partial charge in [0, 0.05) is 33.4 Å². The molecule has 36 heavy (non-hydrogen) atoms. The molecular formula is C25H25N5O4S2. The first-order valence-electron chi connectivity index (χ1n) is 11.3. The van der Waals surface area contributed by atoms with Crippen LogP contribution in [0.15, 0.2) is 65.8 Å². The van der Waals surface area contributed by atoms with Crippen LogP contribution in [0.25, 0.3) is 37.2 Å². The van der Waals surface area contributed by atoms with E-state index >= 15 is 0 Å². The largest absolute Gasteiger partial charge is 0.468 e. The Labute approximate surface area is 212 Å². The predicted molar refractivity (Wildman–Crippen MR) is 140 cm³/mol. The molecule has 1 atom stereocenters. The van der Waals surface area contributed by atoms with E-state index < -0.39 is 22.0 Å². The first-order chi connectivity index (χ1) is 17.2. The van der Waals surface area contributed by atoms with Crippen molar-refractivity contribution in [3.63, 3.8) is 0 Å². The molecule has 5 aromatic rings. The molecule has 9 nitrogen and oxygen atoms in total. The van der Waals surface area contributed by atoms with E-state index in [2.05, 4.69) is 15.0 Å². The number of hydrogen-bond acceptors (Lipinski definition) is 7. The molecule has 0 fully saturated rings. The van der Waals surface area contributed by atoms with Gasteiger partial charge in [0.15, 0.2) is 0 Å². The summed E-state index contributed by atoms with van der Waals surface area (Å²) < 4.78 is 38.9. The number of nitrogens with one attached hydrogen (secondary N) is 1. The molecule has 1 N–H and O–H groups in total. The van der Waals surface area contributed by atoms with Gasteiger partial charge in [-0.1, -0.05) is 31.2 Å². The van der Waals surface area contributed by atoms with Crippen LogP contribution in [0.3, 0.4) is 0 Å². The molecule has 0 amide bonds. The van der Waals surface area contributed by atoms with Gasteiger partial charge in [0.25, 0.3) is 0 Å². The third-order valence-corrected chi connectivity index (χ3v) is 8.66. The van der Waals surface area contributed by atoms with Crippen molar-refractivity contribution in [3.05, 3.63) is 60.9 Å². The number of fused-ring (bicyclic) bond motifs is 3. The first kappa shape index (κ1) is 24.2. The van der Waals surface area contributed by atoms with Crippen LogP contribution < -0.4 is 4.72 Å². The normalized spacial score (nSPS) is 13.0. The summed E-state index contributed by atoms with van der Waals surface area (Å²) in [5.74, 6) is -0.884. The van der Waals surface area contributed by atoms with Gasteiger partial charge in [-0.05, 0) is 42.3 Å². The number of rotatable bonds is 7. The Kier molecular flexibility index (Phi) is 6.15. The molecule has 0 spiro atoms. The van der Waals surface area contributed by atoms with E-state index in [4.69, 9.17) is 4.74 Å². The average molecular weight is 524 g/mol. The SMILES string of the molecule is COC(=O)[C@@H](NS(=O)(=O)c1ccc2c(c1)sc1cc(-n3cc(-c4cccn4C)nn3)ccc12)C(C)C. The maximum absolute atomic E-state index is 13.1. The second kappa shape index (κ2) is 9.16. The van der Waals surface area contributed by atoms with Crippen molar-refractivity contribution in [1.29, 1.82) is 0 Å². The molecule has 0 bridgehead atoms. The van der Waals surface area contributed by atoms with Crippen LogP contribution in [0.5, 0.6) is 0 Å². The summed E-state index contributed by atoms with van der Waals surface area (Å²) in [6.45, 7) is 3.52. The Morgan fingerprint density at radius 1 is 1.08 bits per heavy atom. The fourth-order valence-electron chi connectivity index (χ4n) is 4.11. The van der Waals surface area contributed by atoms with Crippen LogP contribution in [0, 0.1) is 5.92 Å². The number of benzene rings is 2. The zero-order valence-corrected chi connectivity index (χ0v) is 21.8. The molecule has 0 saturated carbocycles. The van der Waals surface area contributed by atoms with E-state index in [9.17, 15) is 13.2 Å². The van der Waals surface area contributed by atoms with Crippen LogP contribution in [-0.2, 0) is 26.6 Å². The van der Waals surface area contributed by atoms with Crippen molar-refractivity contribution < 1.29 is 17.9 Å². The summed E-state index contributed by atoms with van der Waals surface area (Å²) in [5.41, 5.74) is 2.60. The third kappa shape index (κ3) is 4.29. The second-order valence-corrected chi connectivity index (χ2v) is 11.7. The molecule has 3 aromatic heterocycles. The van der Waals surface area contributed by atoms with Gasteiger partial charge in [-0.3, -0.25) is 4.79 Å². The number of esters is 1. The maximum Gasteiger partial charge on any atom is 0.324 e. The first-order valence-corrected chi connectivity index (χ1v) is 13.6. The molecule has 186 valence electrons. The lowest BCUT2D eigenvalue weighted by Gasteiger charge is -2.19. The Hall–Kier alpha value is -3.54. The summed E-state index contributed by atoms with van der Waals surface area (Å²) in [7, 11) is -0.731. The molecule has 0 aliphatic carbocycles. The Balaban J connectivity index is 1.49. The van der Waals surface area contributed by atoms with E-state index in [-0.39, 0.29) is 10.8 Å². The van der Waals surface area contributed by atoms with Gasteiger partial charge in [-0.15, -0.1) is 16.4 Å². The van der Waals surface area contributed by atoms with Crippen LogP contribution in [-0.4, -0.2) is 47.1 Å². The van der Waals surface area contributed by atoms with Gasteiger partial charge in [0.2, 0.25) is 10.0 Å². The van der Waals surface area contributed by atoms with Crippen LogP contribution in [0.1, 0.15) is 13.8 Å². The molecule has 3 heterocycles. The Morgan fingerprint density at radius 2 is 1.81 bits per heavy atom. The van der Waals surface area contributed by atoms with Gasteiger partial charge in [0.05, 0.1) is 29.6 Å². The summed E-state index contributed by atoms with van der Waals surface area (Å²) in [4.78, 5) is 12.2. The third-order valence-electron chi connectivity index (χ3n) is 6.11. The zero-order chi connectivity index (χ0) is 25.6. The highest BCUT2D eigenvalue weighted by molar-refractivity contribution is 7.89. The van der Waals surface area contributed by atoms with Gasteiger partial charge >= 0.3 is 5.97 Å². The highest BCUT2D eigenvalue weighted by atomic mass is 32.2. The Bertz CT molecular complexity index is 1700. The fourth-order valence-corrected chi connectivity index (χ4v) is 6.72. The summed E-state index contributed by atoms with van der Waals surface area (Å²) in [6.07, 6.45) is 3.84. The molecule has 0 unspecified atom stereocenters. The molecule has 0 aliphatic rings. The van der Waals surface area contributed by atoms with Gasteiger partial charge in [0.1, 0.15) is 11.7 Å². The number of ether oxygens (including phenoxy) is 1. The number of nitrogens with zero attached hydrogens (tertiary/aromatic N) is 4. The van der Waals surface area contributed by atoms with Crippen LogP contribution >= 0.6 is 11.3 Å². The number of hydrogen-bond donors (Lipinski definition) is 1. The average Bonchev–Trinajstić information content (AvgIpc) is 3.58. The number of thiophene rings is 1. The lowest BCUT2D eigenvalue weighted by Crippen LogP contribution is -2.44. The highest BCUT2D eigenvalue weighted by Crippen LogP contribution is 2.36. The van der Waals surface area contributed by atoms with Gasteiger partial charge in [-0.25, -0.2) is 13.1 Å². The minimum Gasteiger partial charge on any atom is -0.468 e. The Morgan fingerprint density at radius 3 is 2.47 bits per heavy atom. The molecule has 0 aliphatic heterocycles. The van der Waals surface area contributed by atoms with E-state index in [1.54, 1.807) is 36.7 Å². The quantitative estimate of drug-likeness (QED) is 0.322. The van der Waals surface area contributed by atoms with Crippen molar-refractivity contribution in [2.75, 3.05) is 7.11 Å². The highest BCUT2D eigenvalue weighted by Gasteiger charge is 2.29. The summed E-state index contributed by atoms with van der Waals surface area (Å²) in [6, 6.07) is 14.0. The number of aromatic nitrogens is 4. The minimum atomic E-state index is -3.93. The van der Waals surface area contributed by atoms with Gasteiger partial charge < -0.3 is 9.30 Å². The van der Waals surface area contributed by atoms with Crippen molar-refractivity contribution in [2.24, 2.45) is 13.0 Å². The monoisotopic (exact) mass is 523 g/mol. The summed E-state index contributed by atoms with van der Waals surface area (Å²) in [5, 5.41) is 10.6. The second-order valence-electron chi connectivity index (χ2n) is 8.86. The van der Waals surface area contributed by atoms with Crippen molar-refractivity contribution in [1.82, 2.24) is 24.3 Å². The number of sulfonamides is 1. The molecule has 5 rings (SSSR count). The van der Waals surface area contributed by atoms with Gasteiger partial charge in [-0.2, -0.15) is 4.72 Å². The zero-order valence-electron chi connectivity index (χ0n) is 20.2.